The molecule has 4 heterocycles. The lowest BCUT2D eigenvalue weighted by molar-refractivity contribution is -0.236. The highest BCUT2D eigenvalue weighted by molar-refractivity contribution is 5.97. The van der Waals surface area contributed by atoms with Gasteiger partial charge in [-0.2, -0.15) is 0 Å². The lowest BCUT2D eigenvalue weighted by Gasteiger charge is -2.32. The predicted molar refractivity (Wildman–Crippen MR) is 117 cm³/mol. The number of carbonyl (C=O) groups excluding carboxylic acids is 2. The van der Waals surface area contributed by atoms with Crippen LogP contribution in [0.25, 0.3) is 0 Å². The Hall–Kier alpha value is -1.78. The number of fused-ring (bicyclic) bond motifs is 1. The third-order valence-corrected chi connectivity index (χ3v) is 7.67. The van der Waals surface area contributed by atoms with Gasteiger partial charge in [0.25, 0.3) is 0 Å². The molecule has 188 valence electrons. The molecule has 1 aliphatic carbocycles. The lowest BCUT2D eigenvalue weighted by Crippen LogP contribution is -2.46. The molecule has 1 spiro atoms. The van der Waals surface area contributed by atoms with E-state index in [1.807, 2.05) is 13.8 Å². The van der Waals surface area contributed by atoms with Gasteiger partial charge in [0.05, 0.1) is 6.61 Å². The van der Waals surface area contributed by atoms with E-state index in [2.05, 4.69) is 13.2 Å². The predicted octanol–water partition coefficient (Wildman–Crippen LogP) is 2.63. The largest absolute Gasteiger partial charge is 0.457 e. The van der Waals surface area contributed by atoms with Crippen molar-refractivity contribution in [3.05, 3.63) is 25.3 Å². The minimum absolute atomic E-state index is 0.0390. The Kier molecular flexibility index (Phi) is 5.72. The van der Waals surface area contributed by atoms with Crippen LogP contribution in [0.5, 0.6) is 0 Å². The van der Waals surface area contributed by atoms with Gasteiger partial charge in [0, 0.05) is 18.3 Å². The van der Waals surface area contributed by atoms with Crippen molar-refractivity contribution in [3.8, 4) is 0 Å². The number of ether oxygens (including phenoxy) is 7. The number of esters is 2. The maximum Gasteiger partial charge on any atom is 0.321 e. The Morgan fingerprint density at radius 2 is 1.68 bits per heavy atom. The smallest absolute Gasteiger partial charge is 0.321 e. The molecule has 0 aromatic heterocycles. The summed E-state index contributed by atoms with van der Waals surface area (Å²) in [5, 5.41) is 0. The monoisotopic (exact) mass is 478 g/mol. The summed E-state index contributed by atoms with van der Waals surface area (Å²) < 4.78 is 41.5. The zero-order valence-electron chi connectivity index (χ0n) is 20.2. The van der Waals surface area contributed by atoms with Crippen LogP contribution < -0.4 is 0 Å². The van der Waals surface area contributed by atoms with E-state index in [1.54, 1.807) is 26.0 Å². The van der Waals surface area contributed by atoms with Crippen molar-refractivity contribution in [2.24, 2.45) is 17.8 Å². The van der Waals surface area contributed by atoms with E-state index in [-0.39, 0.29) is 24.9 Å². The first-order valence-electron chi connectivity index (χ1n) is 12.0. The maximum absolute atomic E-state index is 13.4. The third-order valence-electron chi connectivity index (χ3n) is 7.67. The Labute approximate surface area is 199 Å². The summed E-state index contributed by atoms with van der Waals surface area (Å²) in [5.41, 5.74) is -0.806. The molecule has 1 saturated carbocycles. The van der Waals surface area contributed by atoms with Gasteiger partial charge in [-0.05, 0) is 40.5 Å². The lowest BCUT2D eigenvalue weighted by atomic mass is 9.79. The molecular weight excluding hydrogens is 444 g/mol. The van der Waals surface area contributed by atoms with Gasteiger partial charge in [0.2, 0.25) is 0 Å². The van der Waals surface area contributed by atoms with Gasteiger partial charge in [-0.25, -0.2) is 0 Å². The summed E-state index contributed by atoms with van der Waals surface area (Å²) in [4.78, 5) is 26.3. The van der Waals surface area contributed by atoms with Gasteiger partial charge >= 0.3 is 11.9 Å². The van der Waals surface area contributed by atoms with E-state index in [9.17, 15) is 9.59 Å². The van der Waals surface area contributed by atoms with Crippen LogP contribution in [-0.4, -0.2) is 66.4 Å². The van der Waals surface area contributed by atoms with Crippen LogP contribution >= 0.6 is 0 Å². The van der Waals surface area contributed by atoms with Crippen molar-refractivity contribution in [3.63, 3.8) is 0 Å². The fourth-order valence-corrected chi connectivity index (χ4v) is 6.12. The molecule has 1 unspecified atom stereocenters. The minimum Gasteiger partial charge on any atom is -0.457 e. The minimum atomic E-state index is -1.05. The fourth-order valence-electron chi connectivity index (χ4n) is 6.12. The molecule has 0 bridgehead atoms. The molecule has 5 rings (SSSR count). The zero-order valence-corrected chi connectivity index (χ0v) is 20.2. The molecule has 0 radical (unpaired) electrons. The first kappa shape index (κ1) is 23.9. The molecular formula is C25H34O9. The van der Waals surface area contributed by atoms with Gasteiger partial charge in [-0.15, -0.1) is 13.2 Å². The number of hydrogen-bond acceptors (Lipinski definition) is 9. The molecule has 0 aromatic carbocycles. The fraction of sp³-hybridized carbons (Fsp3) is 0.760. The molecule has 0 amide bonds. The van der Waals surface area contributed by atoms with Crippen LogP contribution in [0.3, 0.4) is 0 Å². The maximum atomic E-state index is 13.4. The topological polar surface area (TPSA) is 98.8 Å². The van der Waals surface area contributed by atoms with Crippen LogP contribution in [0.2, 0.25) is 0 Å². The highest BCUT2D eigenvalue weighted by atomic mass is 16.9. The van der Waals surface area contributed by atoms with Crippen molar-refractivity contribution in [1.29, 1.82) is 0 Å². The first-order chi connectivity index (χ1) is 16.0. The molecule has 0 N–H and O–H groups in total. The van der Waals surface area contributed by atoms with Crippen molar-refractivity contribution in [2.45, 2.75) is 94.8 Å². The average molecular weight is 479 g/mol. The van der Waals surface area contributed by atoms with Gasteiger partial charge in [-0.1, -0.05) is 12.2 Å². The van der Waals surface area contributed by atoms with Crippen molar-refractivity contribution < 1.29 is 42.7 Å². The third kappa shape index (κ3) is 3.82. The number of carbonyl (C=O) groups is 2. The first-order valence-corrected chi connectivity index (χ1v) is 12.0. The second kappa shape index (κ2) is 8.13. The Morgan fingerprint density at radius 1 is 1.00 bits per heavy atom. The molecule has 0 aromatic rings. The van der Waals surface area contributed by atoms with Crippen molar-refractivity contribution >= 4 is 11.9 Å². The summed E-state index contributed by atoms with van der Waals surface area (Å²) in [7, 11) is 0. The summed E-state index contributed by atoms with van der Waals surface area (Å²) >= 11 is 0. The van der Waals surface area contributed by atoms with Gasteiger partial charge in [0.15, 0.2) is 36.0 Å². The second-order valence-electron chi connectivity index (χ2n) is 10.7. The van der Waals surface area contributed by atoms with Crippen LogP contribution in [0.15, 0.2) is 25.3 Å². The zero-order chi connectivity index (χ0) is 24.5. The standard InChI is InChI=1S/C25H34O9/c1-7-13-9-10-14(8-2)25(13)11-15(21(27)33-25)20(26)29-18-17(16-12-28-23(3,4)31-16)30-22-19(18)32-24(5,6)34-22/h7-8,13-19,22H,1-2,9-12H2,3-6H3/t13-,14-,15?,16-,17-,18+,19-,22-/m1/s1. The molecule has 8 atom stereocenters. The molecule has 9 heteroatoms. The van der Waals surface area contributed by atoms with E-state index in [1.165, 1.54) is 0 Å². The Morgan fingerprint density at radius 3 is 2.26 bits per heavy atom. The summed E-state index contributed by atoms with van der Waals surface area (Å²) in [5.74, 6) is -4.05. The average Bonchev–Trinajstić information content (AvgIpc) is 3.52. The summed E-state index contributed by atoms with van der Waals surface area (Å²) in [6.45, 7) is 15.2. The van der Waals surface area contributed by atoms with Crippen molar-refractivity contribution in [1.82, 2.24) is 0 Å². The van der Waals surface area contributed by atoms with Crippen LogP contribution in [-0.2, 0) is 42.7 Å². The highest BCUT2D eigenvalue weighted by Gasteiger charge is 2.63. The highest BCUT2D eigenvalue weighted by Crippen LogP contribution is 2.52. The Bertz CT molecular complexity index is 864. The van der Waals surface area contributed by atoms with Crippen molar-refractivity contribution in [2.75, 3.05) is 6.61 Å². The van der Waals surface area contributed by atoms with Gasteiger partial charge in [0.1, 0.15) is 17.8 Å². The summed E-state index contributed by atoms with van der Waals surface area (Å²) in [6, 6.07) is 0. The van der Waals surface area contributed by atoms with Crippen LogP contribution in [0, 0.1) is 17.8 Å². The van der Waals surface area contributed by atoms with Crippen LogP contribution in [0.4, 0.5) is 0 Å². The molecule has 34 heavy (non-hydrogen) atoms. The van der Waals surface area contributed by atoms with Gasteiger partial charge in [-0.3, -0.25) is 9.59 Å². The van der Waals surface area contributed by atoms with Crippen LogP contribution in [0.1, 0.15) is 47.0 Å². The number of rotatable bonds is 5. The van der Waals surface area contributed by atoms with E-state index in [0.29, 0.717) is 0 Å². The van der Waals surface area contributed by atoms with Gasteiger partial charge < -0.3 is 33.2 Å². The van der Waals surface area contributed by atoms with E-state index < -0.39 is 65.7 Å². The molecule has 5 aliphatic rings. The quantitative estimate of drug-likeness (QED) is 0.335. The van der Waals surface area contributed by atoms with E-state index in [0.717, 1.165) is 12.8 Å². The molecule has 9 nitrogen and oxygen atoms in total. The molecule has 5 fully saturated rings. The normalized spacial score (nSPS) is 43.6. The summed E-state index contributed by atoms with van der Waals surface area (Å²) in [6.07, 6.45) is 2.12. The molecule has 4 aliphatic heterocycles. The van der Waals surface area contributed by atoms with E-state index in [4.69, 9.17) is 33.2 Å². The second-order valence-corrected chi connectivity index (χ2v) is 10.7. The SMILES string of the molecule is C=C[C@@H]1CC[C@@H](C=C)C12CC(C(=O)O[C@@H]1[C@H]3OC(C)(C)O[C@H]3O[C@@H]1[C@H]1COC(C)(C)O1)C(=O)O2. The molecule has 4 saturated heterocycles. The van der Waals surface area contributed by atoms with E-state index >= 15 is 0 Å². The number of hydrogen-bond donors (Lipinski definition) is 0. The Balaban J connectivity index is 1.36.